The molecule has 1 atom stereocenters. The molecule has 6 rings (SSSR count). The van der Waals surface area contributed by atoms with Crippen molar-refractivity contribution in [1.82, 2.24) is 14.0 Å². The Kier molecular flexibility index (Phi) is 8.43. The van der Waals surface area contributed by atoms with Gasteiger partial charge in [0.1, 0.15) is 17.1 Å². The Hall–Kier alpha value is -3.83. The van der Waals surface area contributed by atoms with Crippen LogP contribution in [0.3, 0.4) is 0 Å². The van der Waals surface area contributed by atoms with Crippen molar-refractivity contribution >= 4 is 16.7 Å². The first kappa shape index (κ1) is 30.2. The number of hydrogen-bond acceptors (Lipinski definition) is 5. The summed E-state index contributed by atoms with van der Waals surface area (Å²) in [6, 6.07) is 15.4. The molecule has 0 aliphatic carbocycles. The Balaban J connectivity index is 1.33. The standard InChI is InChI=1S/C33H36F4N4O3/c1-43-25-14-16-38(17-15-25)19-23-8-5-10-27(34)30(23)39-18-13-24(21-39)41-28-11-6-12-29(44-2)31(28)40(32(41)42)20-22-7-3-4-9-26(22)33(35,36)37/h3-12,24-25H,13-21H2,1-2H3/t24-/m1/s1. The predicted molar refractivity (Wildman–Crippen MR) is 161 cm³/mol. The van der Waals surface area contributed by atoms with Gasteiger partial charge in [0.15, 0.2) is 0 Å². The molecule has 44 heavy (non-hydrogen) atoms. The van der Waals surface area contributed by atoms with Crippen LogP contribution >= 0.6 is 0 Å². The zero-order valence-corrected chi connectivity index (χ0v) is 24.8. The van der Waals surface area contributed by atoms with Gasteiger partial charge >= 0.3 is 11.9 Å². The fourth-order valence-electron chi connectivity index (χ4n) is 6.82. The van der Waals surface area contributed by atoms with Crippen molar-refractivity contribution < 1.29 is 27.0 Å². The number of methoxy groups -OCH3 is 2. The van der Waals surface area contributed by atoms with E-state index in [-0.39, 0.29) is 30.1 Å². The molecular formula is C33H36F4N4O3. The largest absolute Gasteiger partial charge is 0.494 e. The Morgan fingerprint density at radius 3 is 2.32 bits per heavy atom. The van der Waals surface area contributed by atoms with E-state index in [1.54, 1.807) is 35.9 Å². The first-order chi connectivity index (χ1) is 21.2. The molecule has 234 valence electrons. The normalized spacial score (nSPS) is 18.4. The van der Waals surface area contributed by atoms with Gasteiger partial charge in [-0.2, -0.15) is 13.2 Å². The monoisotopic (exact) mass is 612 g/mol. The maximum Gasteiger partial charge on any atom is 0.416 e. The van der Waals surface area contributed by atoms with Crippen molar-refractivity contribution in [3.05, 3.63) is 93.7 Å². The summed E-state index contributed by atoms with van der Waals surface area (Å²) in [5.74, 6) is 0.0847. The maximum absolute atomic E-state index is 15.5. The summed E-state index contributed by atoms with van der Waals surface area (Å²) in [6.07, 6.45) is -1.89. The van der Waals surface area contributed by atoms with Crippen LogP contribution in [-0.4, -0.2) is 60.5 Å². The van der Waals surface area contributed by atoms with Crippen LogP contribution in [0.5, 0.6) is 5.75 Å². The maximum atomic E-state index is 15.5. The van der Waals surface area contributed by atoms with E-state index in [1.165, 1.54) is 35.9 Å². The number of aromatic nitrogens is 2. The van der Waals surface area contributed by atoms with Crippen molar-refractivity contribution in [3.8, 4) is 5.75 Å². The first-order valence-corrected chi connectivity index (χ1v) is 14.9. The lowest BCUT2D eigenvalue weighted by Crippen LogP contribution is -2.36. The van der Waals surface area contributed by atoms with Crippen molar-refractivity contribution in [1.29, 1.82) is 0 Å². The summed E-state index contributed by atoms with van der Waals surface area (Å²) in [7, 11) is 3.20. The number of anilines is 1. The number of para-hydroxylation sites is 2. The van der Waals surface area contributed by atoms with E-state index in [0.29, 0.717) is 48.5 Å². The number of benzene rings is 3. The third kappa shape index (κ3) is 5.70. The molecule has 2 fully saturated rings. The number of piperidine rings is 1. The van der Waals surface area contributed by atoms with Gasteiger partial charge in [-0.15, -0.1) is 0 Å². The van der Waals surface area contributed by atoms with E-state index in [9.17, 15) is 18.0 Å². The van der Waals surface area contributed by atoms with Gasteiger partial charge in [-0.25, -0.2) is 9.18 Å². The van der Waals surface area contributed by atoms with E-state index in [4.69, 9.17) is 9.47 Å². The second kappa shape index (κ2) is 12.3. The molecule has 11 heteroatoms. The number of rotatable bonds is 8. The van der Waals surface area contributed by atoms with Gasteiger partial charge in [-0.3, -0.25) is 14.0 Å². The zero-order chi connectivity index (χ0) is 31.0. The molecule has 3 aromatic carbocycles. The lowest BCUT2D eigenvalue weighted by Gasteiger charge is -2.32. The third-order valence-electron chi connectivity index (χ3n) is 8.99. The number of imidazole rings is 1. The molecule has 2 aliphatic rings. The number of ether oxygens (including phenoxy) is 2. The molecule has 0 saturated carbocycles. The van der Waals surface area contributed by atoms with Crippen LogP contribution < -0.4 is 15.3 Å². The van der Waals surface area contributed by atoms with Crippen molar-refractivity contribution in [2.24, 2.45) is 0 Å². The first-order valence-electron chi connectivity index (χ1n) is 14.9. The molecule has 0 amide bonds. The molecule has 1 aromatic heterocycles. The van der Waals surface area contributed by atoms with Gasteiger partial charge in [0.05, 0.1) is 42.6 Å². The topological polar surface area (TPSA) is 51.9 Å². The van der Waals surface area contributed by atoms with E-state index in [2.05, 4.69) is 4.90 Å². The number of likely N-dealkylation sites (tertiary alicyclic amines) is 1. The van der Waals surface area contributed by atoms with Gasteiger partial charge in [-0.1, -0.05) is 36.4 Å². The smallest absolute Gasteiger partial charge is 0.416 e. The number of hydrogen-bond donors (Lipinski definition) is 0. The van der Waals surface area contributed by atoms with Crippen LogP contribution in [0.25, 0.3) is 11.0 Å². The van der Waals surface area contributed by atoms with Gasteiger partial charge in [0.2, 0.25) is 0 Å². The van der Waals surface area contributed by atoms with Crippen molar-refractivity contribution in [2.45, 2.75) is 50.7 Å². The molecule has 2 aliphatic heterocycles. The Labute approximate surface area is 253 Å². The highest BCUT2D eigenvalue weighted by Gasteiger charge is 2.35. The SMILES string of the molecule is COc1cccc2c1n(Cc1ccccc1C(F)(F)F)c(=O)n2[C@@H]1CCN(c2c(F)cccc2CN2CCC(OC)CC2)C1. The molecule has 3 heterocycles. The van der Waals surface area contributed by atoms with Gasteiger partial charge in [-0.05, 0) is 54.7 Å². The van der Waals surface area contributed by atoms with Crippen LogP contribution in [0.2, 0.25) is 0 Å². The highest BCUT2D eigenvalue weighted by atomic mass is 19.4. The molecule has 0 bridgehead atoms. The summed E-state index contributed by atoms with van der Waals surface area (Å²) in [5, 5.41) is 0. The van der Waals surface area contributed by atoms with Gasteiger partial charge in [0, 0.05) is 39.8 Å². The highest BCUT2D eigenvalue weighted by molar-refractivity contribution is 5.83. The van der Waals surface area contributed by atoms with Gasteiger partial charge < -0.3 is 14.4 Å². The summed E-state index contributed by atoms with van der Waals surface area (Å²) in [6.45, 7) is 2.99. The van der Waals surface area contributed by atoms with Crippen molar-refractivity contribution in [3.63, 3.8) is 0 Å². The minimum absolute atomic E-state index is 0.00867. The molecule has 0 radical (unpaired) electrons. The lowest BCUT2D eigenvalue weighted by molar-refractivity contribution is -0.138. The fourth-order valence-corrected chi connectivity index (χ4v) is 6.82. The van der Waals surface area contributed by atoms with Crippen LogP contribution in [-0.2, 0) is 24.0 Å². The van der Waals surface area contributed by atoms with E-state index in [1.807, 2.05) is 11.0 Å². The number of halogens is 4. The predicted octanol–water partition coefficient (Wildman–Crippen LogP) is 6.08. The second-order valence-corrected chi connectivity index (χ2v) is 11.6. The van der Waals surface area contributed by atoms with Crippen LogP contribution in [0.1, 0.15) is 42.0 Å². The number of nitrogens with zero attached hydrogens (tertiary/aromatic N) is 4. The molecular weight excluding hydrogens is 576 g/mol. The molecule has 4 aromatic rings. The summed E-state index contributed by atoms with van der Waals surface area (Å²) in [5.41, 5.74) is 1.21. The number of alkyl halides is 3. The average molecular weight is 613 g/mol. The molecule has 0 unspecified atom stereocenters. The van der Waals surface area contributed by atoms with Crippen LogP contribution in [0, 0.1) is 5.82 Å². The lowest BCUT2D eigenvalue weighted by atomic mass is 10.1. The summed E-state index contributed by atoms with van der Waals surface area (Å²) >= 11 is 0. The Morgan fingerprint density at radius 1 is 0.864 bits per heavy atom. The van der Waals surface area contributed by atoms with Crippen molar-refractivity contribution in [2.75, 3.05) is 45.3 Å². The molecule has 7 nitrogen and oxygen atoms in total. The zero-order valence-electron chi connectivity index (χ0n) is 24.8. The Morgan fingerprint density at radius 2 is 1.59 bits per heavy atom. The Bertz CT molecular complexity index is 1690. The molecule has 2 saturated heterocycles. The quantitative estimate of drug-likeness (QED) is 0.226. The average Bonchev–Trinajstić information content (AvgIpc) is 3.59. The van der Waals surface area contributed by atoms with E-state index in [0.717, 1.165) is 37.6 Å². The second-order valence-electron chi connectivity index (χ2n) is 11.6. The minimum Gasteiger partial charge on any atom is -0.494 e. The minimum atomic E-state index is -4.56. The highest BCUT2D eigenvalue weighted by Crippen LogP contribution is 2.36. The third-order valence-corrected chi connectivity index (χ3v) is 8.99. The van der Waals surface area contributed by atoms with Crippen LogP contribution in [0.15, 0.2) is 65.5 Å². The molecule has 0 spiro atoms. The summed E-state index contributed by atoms with van der Waals surface area (Å²) in [4.78, 5) is 18.4. The van der Waals surface area contributed by atoms with E-state index < -0.39 is 17.4 Å². The molecule has 0 N–H and O–H groups in total. The van der Waals surface area contributed by atoms with E-state index >= 15 is 4.39 Å². The number of fused-ring (bicyclic) bond motifs is 1. The fraction of sp³-hybridized carbons (Fsp3) is 0.424. The van der Waals surface area contributed by atoms with Crippen LogP contribution in [0.4, 0.5) is 23.2 Å². The van der Waals surface area contributed by atoms with Gasteiger partial charge in [0.25, 0.3) is 0 Å². The summed E-state index contributed by atoms with van der Waals surface area (Å²) < 4.78 is 71.1.